The van der Waals surface area contributed by atoms with Gasteiger partial charge in [0.1, 0.15) is 0 Å². The van der Waals surface area contributed by atoms with Crippen LogP contribution >= 0.6 is 11.3 Å². The molecule has 3 unspecified atom stereocenters. The molecule has 1 N–H and O–H groups in total. The van der Waals surface area contributed by atoms with Crippen LogP contribution < -0.4 is 0 Å². The van der Waals surface area contributed by atoms with Gasteiger partial charge >= 0.3 is 0 Å². The molecule has 4 rings (SSSR count). The Kier molecular flexibility index (Phi) is 3.52. The van der Waals surface area contributed by atoms with Crippen LogP contribution in [0.1, 0.15) is 31.2 Å². The minimum Gasteiger partial charge on any atom is -0.392 e. The molecule has 2 nitrogen and oxygen atoms in total. The number of benzene rings is 1. The van der Waals surface area contributed by atoms with Crippen LogP contribution in [0.5, 0.6) is 0 Å². The molecule has 3 heteroatoms. The van der Waals surface area contributed by atoms with E-state index in [0.717, 1.165) is 6.42 Å². The van der Waals surface area contributed by atoms with Crippen molar-refractivity contribution in [2.24, 2.45) is 5.92 Å². The Morgan fingerprint density at radius 1 is 1.24 bits per heavy atom. The van der Waals surface area contributed by atoms with Crippen molar-refractivity contribution in [3.05, 3.63) is 35.2 Å². The van der Waals surface area contributed by atoms with E-state index in [9.17, 15) is 5.11 Å². The van der Waals surface area contributed by atoms with Crippen LogP contribution in [0.25, 0.3) is 10.1 Å². The average Bonchev–Trinajstić information content (AvgIpc) is 2.96. The molecule has 21 heavy (non-hydrogen) atoms. The standard InChI is InChI=1S/C18H23NOS/c1-19-14-6-7-15(19)9-12(8-14)17(20)10-13-11-21-18-5-3-2-4-16(13)18/h2-5,11-12,14-15,17,20H,6-10H2,1H3. The Morgan fingerprint density at radius 2 is 1.95 bits per heavy atom. The van der Waals surface area contributed by atoms with Crippen molar-refractivity contribution >= 4 is 21.4 Å². The maximum absolute atomic E-state index is 10.7. The van der Waals surface area contributed by atoms with Crippen molar-refractivity contribution in [3.8, 4) is 0 Å². The summed E-state index contributed by atoms with van der Waals surface area (Å²) in [6.45, 7) is 0. The Bertz CT molecular complexity index is 623. The highest BCUT2D eigenvalue weighted by molar-refractivity contribution is 7.17. The third kappa shape index (κ3) is 2.41. The van der Waals surface area contributed by atoms with Gasteiger partial charge in [-0.1, -0.05) is 18.2 Å². The molecule has 0 spiro atoms. The van der Waals surface area contributed by atoms with Crippen molar-refractivity contribution in [1.82, 2.24) is 4.90 Å². The average molecular weight is 301 g/mol. The number of aliphatic hydroxyl groups is 1. The molecule has 2 bridgehead atoms. The molecule has 0 saturated carbocycles. The molecular formula is C18H23NOS. The van der Waals surface area contributed by atoms with Crippen molar-refractivity contribution in [2.75, 3.05) is 7.05 Å². The summed E-state index contributed by atoms with van der Waals surface area (Å²) in [6.07, 6.45) is 5.64. The maximum Gasteiger partial charge on any atom is 0.0610 e. The minimum absolute atomic E-state index is 0.181. The number of hydrogen-bond donors (Lipinski definition) is 1. The minimum atomic E-state index is -0.181. The monoisotopic (exact) mass is 301 g/mol. The van der Waals surface area contributed by atoms with Gasteiger partial charge in [-0.2, -0.15) is 0 Å². The highest BCUT2D eigenvalue weighted by atomic mass is 32.1. The van der Waals surface area contributed by atoms with E-state index in [-0.39, 0.29) is 6.10 Å². The third-order valence-electron chi connectivity index (χ3n) is 5.67. The van der Waals surface area contributed by atoms with Gasteiger partial charge in [0, 0.05) is 23.2 Å². The molecule has 0 radical (unpaired) electrons. The van der Waals surface area contributed by atoms with E-state index in [1.165, 1.54) is 41.3 Å². The molecule has 3 atom stereocenters. The van der Waals surface area contributed by atoms with E-state index in [4.69, 9.17) is 0 Å². The molecular weight excluding hydrogens is 278 g/mol. The highest BCUT2D eigenvalue weighted by Gasteiger charge is 2.40. The number of piperidine rings is 1. The fourth-order valence-corrected chi connectivity index (χ4v) is 5.33. The Labute approximate surface area is 130 Å². The first-order valence-electron chi connectivity index (χ1n) is 8.07. The fraction of sp³-hybridized carbons (Fsp3) is 0.556. The van der Waals surface area contributed by atoms with Gasteiger partial charge in [-0.3, -0.25) is 0 Å². The van der Waals surface area contributed by atoms with E-state index in [0.29, 0.717) is 18.0 Å². The Hall–Kier alpha value is -0.900. The van der Waals surface area contributed by atoms with Crippen molar-refractivity contribution in [1.29, 1.82) is 0 Å². The van der Waals surface area contributed by atoms with Crippen LogP contribution in [0, 0.1) is 5.92 Å². The summed E-state index contributed by atoms with van der Waals surface area (Å²) in [6, 6.07) is 9.97. The van der Waals surface area contributed by atoms with Crippen LogP contribution in [0.3, 0.4) is 0 Å². The van der Waals surface area contributed by atoms with Gasteiger partial charge < -0.3 is 10.0 Å². The van der Waals surface area contributed by atoms with Crippen LogP contribution in [0.2, 0.25) is 0 Å². The summed E-state index contributed by atoms with van der Waals surface area (Å²) in [5.74, 6) is 0.484. The summed E-state index contributed by atoms with van der Waals surface area (Å²) in [7, 11) is 2.26. The molecule has 3 heterocycles. The van der Waals surface area contributed by atoms with Gasteiger partial charge in [0.05, 0.1) is 6.10 Å². The number of fused-ring (bicyclic) bond motifs is 3. The molecule has 1 aromatic carbocycles. The predicted octanol–water partition coefficient (Wildman–Crippen LogP) is 3.68. The lowest BCUT2D eigenvalue weighted by atomic mass is 9.84. The highest BCUT2D eigenvalue weighted by Crippen LogP contribution is 2.39. The molecule has 112 valence electrons. The third-order valence-corrected chi connectivity index (χ3v) is 6.68. The number of rotatable bonds is 3. The summed E-state index contributed by atoms with van der Waals surface area (Å²) < 4.78 is 1.34. The quantitative estimate of drug-likeness (QED) is 0.935. The molecule has 1 aromatic heterocycles. The van der Waals surface area contributed by atoms with Crippen molar-refractivity contribution in [2.45, 2.75) is 50.3 Å². The lowest BCUT2D eigenvalue weighted by Gasteiger charge is -2.38. The molecule has 2 saturated heterocycles. The van der Waals surface area contributed by atoms with Gasteiger partial charge in [-0.25, -0.2) is 0 Å². The summed E-state index contributed by atoms with van der Waals surface area (Å²) >= 11 is 1.80. The predicted molar refractivity (Wildman–Crippen MR) is 88.8 cm³/mol. The lowest BCUT2D eigenvalue weighted by molar-refractivity contribution is 0.0370. The molecule has 0 aliphatic carbocycles. The zero-order valence-electron chi connectivity index (χ0n) is 12.5. The molecule has 2 fully saturated rings. The normalized spacial score (nSPS) is 30.9. The van der Waals surface area contributed by atoms with E-state index in [1.807, 2.05) is 0 Å². The van der Waals surface area contributed by atoms with Gasteiger partial charge in [0.2, 0.25) is 0 Å². The van der Waals surface area contributed by atoms with E-state index in [1.54, 1.807) is 11.3 Å². The number of hydrogen-bond acceptors (Lipinski definition) is 3. The van der Waals surface area contributed by atoms with Gasteiger partial charge in [-0.05, 0) is 61.0 Å². The molecule has 2 aliphatic rings. The summed E-state index contributed by atoms with van der Waals surface area (Å²) in [5, 5.41) is 14.3. The topological polar surface area (TPSA) is 23.5 Å². The van der Waals surface area contributed by atoms with Gasteiger partial charge in [0.15, 0.2) is 0 Å². The fourth-order valence-electron chi connectivity index (χ4n) is 4.35. The first-order chi connectivity index (χ1) is 10.2. The summed E-state index contributed by atoms with van der Waals surface area (Å²) in [5.41, 5.74) is 1.33. The SMILES string of the molecule is CN1C2CCC1CC(C(O)Cc1csc3ccccc13)C2. The molecule has 2 aromatic rings. The molecule has 0 amide bonds. The number of aliphatic hydroxyl groups excluding tert-OH is 1. The second-order valence-electron chi connectivity index (χ2n) is 6.81. The van der Waals surface area contributed by atoms with E-state index >= 15 is 0 Å². The first kappa shape index (κ1) is 13.7. The largest absolute Gasteiger partial charge is 0.392 e. The Balaban J connectivity index is 1.50. The second kappa shape index (κ2) is 5.38. The van der Waals surface area contributed by atoms with Crippen LogP contribution in [-0.2, 0) is 6.42 Å². The maximum atomic E-state index is 10.7. The Morgan fingerprint density at radius 3 is 2.71 bits per heavy atom. The second-order valence-corrected chi connectivity index (χ2v) is 7.72. The van der Waals surface area contributed by atoms with Gasteiger partial charge in [-0.15, -0.1) is 11.3 Å². The summed E-state index contributed by atoms with van der Waals surface area (Å²) in [4.78, 5) is 2.54. The zero-order valence-corrected chi connectivity index (χ0v) is 13.4. The first-order valence-corrected chi connectivity index (χ1v) is 8.95. The van der Waals surface area contributed by atoms with Crippen molar-refractivity contribution in [3.63, 3.8) is 0 Å². The molecule has 2 aliphatic heterocycles. The van der Waals surface area contributed by atoms with Crippen LogP contribution in [-0.4, -0.2) is 35.2 Å². The number of thiophene rings is 1. The van der Waals surface area contributed by atoms with E-state index in [2.05, 4.69) is 41.6 Å². The van der Waals surface area contributed by atoms with Crippen LogP contribution in [0.15, 0.2) is 29.6 Å². The lowest BCUT2D eigenvalue weighted by Crippen LogP contribution is -2.43. The van der Waals surface area contributed by atoms with Crippen molar-refractivity contribution < 1.29 is 5.11 Å². The van der Waals surface area contributed by atoms with Crippen LogP contribution in [0.4, 0.5) is 0 Å². The number of nitrogens with zero attached hydrogens (tertiary/aromatic N) is 1. The zero-order chi connectivity index (χ0) is 14.4. The van der Waals surface area contributed by atoms with E-state index < -0.39 is 0 Å². The smallest absolute Gasteiger partial charge is 0.0610 e. The van der Waals surface area contributed by atoms with Gasteiger partial charge in [0.25, 0.3) is 0 Å².